The number of hydrogen-bond acceptors (Lipinski definition) is 7. The quantitative estimate of drug-likeness (QED) is 0.887. The molecule has 0 atom stereocenters. The number of aromatic nitrogens is 2. The lowest BCUT2D eigenvalue weighted by Crippen LogP contribution is -2.43. The van der Waals surface area contributed by atoms with Gasteiger partial charge in [0.15, 0.2) is 17.2 Å². The molecular formula is C16H18N4O3S. The predicted octanol–water partition coefficient (Wildman–Crippen LogP) is 1.54. The third-order valence-corrected chi connectivity index (χ3v) is 5.21. The van der Waals surface area contributed by atoms with Crippen LogP contribution in [0.25, 0.3) is 10.6 Å². The smallest absolute Gasteiger partial charge is 0.274 e. The molecule has 2 aliphatic heterocycles. The lowest BCUT2D eigenvalue weighted by atomic mass is 10.1. The van der Waals surface area contributed by atoms with Gasteiger partial charge < -0.3 is 20.1 Å². The maximum absolute atomic E-state index is 12.5. The summed E-state index contributed by atoms with van der Waals surface area (Å²) in [5.41, 5.74) is 6.92. The summed E-state index contributed by atoms with van der Waals surface area (Å²) in [6, 6.07) is 3.71. The largest absolute Gasteiger partial charge is 0.485 e. The van der Waals surface area contributed by atoms with Gasteiger partial charge in [-0.15, -0.1) is 21.5 Å². The van der Waals surface area contributed by atoms with Crippen LogP contribution in [0.3, 0.4) is 0 Å². The molecule has 0 saturated carbocycles. The Morgan fingerprint density at radius 1 is 1.21 bits per heavy atom. The summed E-state index contributed by atoms with van der Waals surface area (Å²) >= 11 is 1.50. The average molecular weight is 346 g/mol. The summed E-state index contributed by atoms with van der Waals surface area (Å²) in [7, 11) is 0. The lowest BCUT2D eigenvalue weighted by molar-refractivity contribution is 0.0707. The van der Waals surface area contributed by atoms with Gasteiger partial charge in [0.1, 0.15) is 23.8 Å². The van der Waals surface area contributed by atoms with E-state index in [1.165, 1.54) is 11.3 Å². The average Bonchev–Trinajstić information content (AvgIpc) is 3.06. The molecule has 0 unspecified atom stereocenters. The minimum Gasteiger partial charge on any atom is -0.485 e. The first kappa shape index (κ1) is 15.3. The topological polar surface area (TPSA) is 90.6 Å². The van der Waals surface area contributed by atoms with Crippen molar-refractivity contribution < 1.29 is 14.3 Å². The van der Waals surface area contributed by atoms with Crippen molar-refractivity contribution in [2.24, 2.45) is 5.73 Å². The highest BCUT2D eigenvalue weighted by molar-refractivity contribution is 7.14. The summed E-state index contributed by atoms with van der Waals surface area (Å²) in [6.45, 7) is 2.43. The number of fused-ring (bicyclic) bond motifs is 1. The first-order chi connectivity index (χ1) is 11.7. The molecule has 126 valence electrons. The summed E-state index contributed by atoms with van der Waals surface area (Å²) in [6.07, 6.45) is 1.66. The molecule has 7 nitrogen and oxygen atoms in total. The van der Waals surface area contributed by atoms with Crippen LogP contribution in [-0.4, -0.2) is 53.3 Å². The number of nitrogens with two attached hydrogens (primary N) is 1. The van der Waals surface area contributed by atoms with E-state index in [0.29, 0.717) is 43.4 Å². The van der Waals surface area contributed by atoms with Gasteiger partial charge in [0.2, 0.25) is 0 Å². The number of carbonyl (C=O) groups is 1. The fourth-order valence-corrected chi connectivity index (χ4v) is 3.77. The first-order valence-electron chi connectivity index (χ1n) is 7.98. The van der Waals surface area contributed by atoms with Gasteiger partial charge in [-0.2, -0.15) is 0 Å². The molecule has 1 saturated heterocycles. The van der Waals surface area contributed by atoms with Crippen molar-refractivity contribution in [3.63, 3.8) is 0 Å². The number of hydrogen-bond donors (Lipinski definition) is 1. The Morgan fingerprint density at radius 3 is 2.75 bits per heavy atom. The lowest BCUT2D eigenvalue weighted by Gasteiger charge is -2.29. The number of carbonyl (C=O) groups excluding carboxylic acids is 1. The van der Waals surface area contributed by atoms with E-state index in [9.17, 15) is 4.79 Å². The zero-order valence-electron chi connectivity index (χ0n) is 13.1. The van der Waals surface area contributed by atoms with Crippen LogP contribution in [-0.2, 0) is 0 Å². The summed E-state index contributed by atoms with van der Waals surface area (Å²) in [5.74, 6) is 1.37. The Hall–Kier alpha value is -2.19. The molecule has 4 heterocycles. The second-order valence-electron chi connectivity index (χ2n) is 5.89. The van der Waals surface area contributed by atoms with E-state index in [0.717, 1.165) is 23.5 Å². The van der Waals surface area contributed by atoms with Gasteiger partial charge >= 0.3 is 0 Å². The van der Waals surface area contributed by atoms with Crippen LogP contribution in [0.2, 0.25) is 0 Å². The van der Waals surface area contributed by atoms with Crippen LogP contribution in [0.4, 0.5) is 0 Å². The third-order valence-electron chi connectivity index (χ3n) is 4.24. The second kappa shape index (κ2) is 6.37. The molecule has 1 amide bonds. The Bertz CT molecular complexity index is 738. The zero-order valence-corrected chi connectivity index (χ0v) is 13.9. The molecule has 24 heavy (non-hydrogen) atoms. The van der Waals surface area contributed by atoms with Crippen molar-refractivity contribution in [2.45, 2.75) is 18.9 Å². The van der Waals surface area contributed by atoms with Crippen molar-refractivity contribution in [2.75, 3.05) is 26.3 Å². The summed E-state index contributed by atoms with van der Waals surface area (Å²) < 4.78 is 11.2. The molecule has 1 fully saturated rings. The molecule has 0 aromatic carbocycles. The standard InChI is InChI=1S/C16H18N4O3S/c17-10-3-5-20(6-4-10)16(21)12-2-1-11(18-19-12)15-14-13(9-24-15)22-7-8-23-14/h1-2,9-10H,3-8,17H2. The SMILES string of the molecule is NC1CCN(C(=O)c2ccc(-c3scc4c3OCCO4)nn2)CC1. The van der Waals surface area contributed by atoms with E-state index >= 15 is 0 Å². The Labute approximate surface area is 143 Å². The van der Waals surface area contributed by atoms with Crippen molar-refractivity contribution in [1.29, 1.82) is 0 Å². The normalized spacial score (nSPS) is 17.8. The van der Waals surface area contributed by atoms with Crippen LogP contribution in [0.15, 0.2) is 17.5 Å². The van der Waals surface area contributed by atoms with Crippen molar-refractivity contribution in [3.05, 3.63) is 23.2 Å². The van der Waals surface area contributed by atoms with Gasteiger partial charge in [0.25, 0.3) is 5.91 Å². The van der Waals surface area contributed by atoms with Crippen molar-refractivity contribution in [1.82, 2.24) is 15.1 Å². The molecule has 8 heteroatoms. The number of thiophene rings is 1. The molecule has 4 rings (SSSR count). The van der Waals surface area contributed by atoms with E-state index in [1.54, 1.807) is 17.0 Å². The third kappa shape index (κ3) is 2.83. The molecule has 2 aromatic heterocycles. The highest BCUT2D eigenvalue weighted by Gasteiger charge is 2.24. The summed E-state index contributed by atoms with van der Waals surface area (Å²) in [5, 5.41) is 10.2. The van der Waals surface area contributed by atoms with Gasteiger partial charge in [-0.25, -0.2) is 0 Å². The highest BCUT2D eigenvalue weighted by atomic mass is 32.1. The molecular weight excluding hydrogens is 328 g/mol. The molecule has 2 aromatic rings. The highest BCUT2D eigenvalue weighted by Crippen LogP contribution is 2.44. The fraction of sp³-hybridized carbons (Fsp3) is 0.438. The second-order valence-corrected chi connectivity index (χ2v) is 6.77. The molecule has 0 bridgehead atoms. The number of ether oxygens (including phenoxy) is 2. The van der Waals surface area contributed by atoms with Crippen LogP contribution in [0.1, 0.15) is 23.3 Å². The molecule has 0 aliphatic carbocycles. The van der Waals surface area contributed by atoms with Crippen molar-refractivity contribution in [3.8, 4) is 22.1 Å². The molecule has 2 aliphatic rings. The Balaban J connectivity index is 1.52. The van der Waals surface area contributed by atoms with Gasteiger partial charge in [0, 0.05) is 24.5 Å². The number of nitrogens with zero attached hydrogens (tertiary/aromatic N) is 3. The van der Waals surface area contributed by atoms with Crippen molar-refractivity contribution >= 4 is 17.2 Å². The number of likely N-dealkylation sites (tertiary alicyclic amines) is 1. The number of rotatable bonds is 2. The Morgan fingerprint density at radius 2 is 2.00 bits per heavy atom. The van der Waals surface area contributed by atoms with E-state index in [4.69, 9.17) is 15.2 Å². The van der Waals surface area contributed by atoms with Crippen LogP contribution in [0.5, 0.6) is 11.5 Å². The monoisotopic (exact) mass is 346 g/mol. The van der Waals surface area contributed by atoms with Gasteiger partial charge in [-0.05, 0) is 25.0 Å². The Kier molecular flexibility index (Phi) is 4.07. The maximum atomic E-state index is 12.5. The fourth-order valence-electron chi connectivity index (χ4n) is 2.87. The van der Waals surface area contributed by atoms with Crippen LogP contribution in [0, 0.1) is 0 Å². The number of amides is 1. The molecule has 2 N–H and O–H groups in total. The van der Waals surface area contributed by atoms with Gasteiger partial charge in [0.05, 0.1) is 0 Å². The van der Waals surface area contributed by atoms with Gasteiger partial charge in [-0.1, -0.05) is 0 Å². The minimum atomic E-state index is -0.0891. The predicted molar refractivity (Wildman–Crippen MR) is 89.4 cm³/mol. The maximum Gasteiger partial charge on any atom is 0.274 e. The van der Waals surface area contributed by atoms with Crippen LogP contribution >= 0.6 is 11.3 Å². The minimum absolute atomic E-state index is 0.0891. The van der Waals surface area contributed by atoms with E-state index in [1.807, 2.05) is 5.38 Å². The first-order valence-corrected chi connectivity index (χ1v) is 8.86. The molecule has 0 spiro atoms. The van der Waals surface area contributed by atoms with Crippen LogP contribution < -0.4 is 15.2 Å². The summed E-state index contributed by atoms with van der Waals surface area (Å²) in [4.78, 5) is 15.1. The van der Waals surface area contributed by atoms with Gasteiger partial charge in [-0.3, -0.25) is 4.79 Å². The van der Waals surface area contributed by atoms with E-state index < -0.39 is 0 Å². The van der Waals surface area contributed by atoms with E-state index in [2.05, 4.69) is 10.2 Å². The van der Waals surface area contributed by atoms with E-state index in [-0.39, 0.29) is 11.9 Å². The number of piperidine rings is 1. The zero-order chi connectivity index (χ0) is 16.5. The molecule has 0 radical (unpaired) electrons.